The van der Waals surface area contributed by atoms with Crippen LogP contribution in [0.4, 0.5) is 11.4 Å². The fourth-order valence-electron chi connectivity index (χ4n) is 3.42. The van der Waals surface area contributed by atoms with Crippen LogP contribution in [0.15, 0.2) is 83.9 Å². The van der Waals surface area contributed by atoms with E-state index in [1.165, 1.54) is 11.8 Å². The van der Waals surface area contributed by atoms with Gasteiger partial charge in [-0.15, -0.1) is 0 Å². The van der Waals surface area contributed by atoms with E-state index in [1.807, 2.05) is 54.6 Å². The number of amides is 2. The second-order valence-electron chi connectivity index (χ2n) is 7.59. The number of ether oxygens (including phenoxy) is 2. The van der Waals surface area contributed by atoms with Crippen molar-refractivity contribution in [2.75, 3.05) is 19.5 Å². The van der Waals surface area contributed by atoms with Gasteiger partial charge in [-0.1, -0.05) is 42.1 Å². The zero-order chi connectivity index (χ0) is 23.9. The molecule has 7 nitrogen and oxygen atoms in total. The van der Waals surface area contributed by atoms with E-state index in [-0.39, 0.29) is 18.2 Å². The molecule has 34 heavy (non-hydrogen) atoms. The van der Waals surface area contributed by atoms with Gasteiger partial charge in [-0.3, -0.25) is 14.5 Å². The normalized spacial score (nSPS) is 16.9. The van der Waals surface area contributed by atoms with Gasteiger partial charge in [0.15, 0.2) is 5.17 Å². The molecule has 8 heteroatoms. The number of hydrogen-bond donors (Lipinski definition) is 1. The van der Waals surface area contributed by atoms with Crippen LogP contribution in [0.25, 0.3) is 0 Å². The summed E-state index contributed by atoms with van der Waals surface area (Å²) in [6, 6.07) is 24.0. The molecule has 3 aromatic carbocycles. The van der Waals surface area contributed by atoms with Crippen molar-refractivity contribution in [2.24, 2.45) is 4.99 Å². The molecule has 1 saturated heterocycles. The molecule has 4 rings (SSSR count). The van der Waals surface area contributed by atoms with Crippen LogP contribution in [0, 0.1) is 0 Å². The number of carbonyl (C=O) groups excluding carboxylic acids is 2. The molecule has 1 aliphatic rings. The van der Waals surface area contributed by atoms with E-state index in [0.29, 0.717) is 28.8 Å². The van der Waals surface area contributed by atoms with Crippen molar-refractivity contribution >= 4 is 40.1 Å². The van der Waals surface area contributed by atoms with Crippen molar-refractivity contribution in [1.82, 2.24) is 4.90 Å². The number of carbonyl (C=O) groups is 2. The summed E-state index contributed by atoms with van der Waals surface area (Å²) in [5.41, 5.74) is 2.30. The molecule has 0 aromatic heterocycles. The highest BCUT2D eigenvalue weighted by Crippen LogP contribution is 2.31. The molecule has 1 aliphatic heterocycles. The predicted octanol–water partition coefficient (Wildman–Crippen LogP) is 4.86. The molecule has 1 heterocycles. The van der Waals surface area contributed by atoms with Crippen LogP contribution in [0.2, 0.25) is 0 Å². The standard InChI is InChI=1S/C26H25N3O4S/c1-32-21-12-8-18(9-13-21)17-29-24(30)16-23(34-26(29)28-19-6-4-3-5-7-19)25(31)27-20-10-14-22(33-2)15-11-20/h3-15,23H,16-17H2,1-2H3,(H,27,31)/t23-/m1/s1. The molecule has 0 aliphatic carbocycles. The van der Waals surface area contributed by atoms with E-state index in [0.717, 1.165) is 11.3 Å². The second-order valence-corrected chi connectivity index (χ2v) is 8.76. The Morgan fingerprint density at radius 3 is 2.21 bits per heavy atom. The van der Waals surface area contributed by atoms with Crippen LogP contribution in [0.1, 0.15) is 12.0 Å². The molecule has 0 spiro atoms. The first kappa shape index (κ1) is 23.4. The first-order chi connectivity index (χ1) is 16.6. The molecule has 0 unspecified atom stereocenters. The molecule has 2 amide bonds. The minimum atomic E-state index is -0.593. The highest BCUT2D eigenvalue weighted by Gasteiger charge is 2.36. The van der Waals surface area contributed by atoms with Crippen LogP contribution >= 0.6 is 11.8 Å². The number of hydrogen-bond acceptors (Lipinski definition) is 6. The minimum absolute atomic E-state index is 0.0800. The summed E-state index contributed by atoms with van der Waals surface area (Å²) in [6.07, 6.45) is 0.0800. The van der Waals surface area contributed by atoms with Gasteiger partial charge in [0.1, 0.15) is 16.7 Å². The van der Waals surface area contributed by atoms with E-state index in [9.17, 15) is 9.59 Å². The molecule has 1 atom stereocenters. The number of thioether (sulfide) groups is 1. The highest BCUT2D eigenvalue weighted by atomic mass is 32.2. The summed E-state index contributed by atoms with van der Waals surface area (Å²) in [6.45, 7) is 0.355. The summed E-state index contributed by atoms with van der Waals surface area (Å²) in [7, 11) is 3.20. The number of benzene rings is 3. The van der Waals surface area contributed by atoms with Crippen molar-refractivity contribution in [3.63, 3.8) is 0 Å². The highest BCUT2D eigenvalue weighted by molar-refractivity contribution is 8.15. The monoisotopic (exact) mass is 475 g/mol. The number of anilines is 1. The quantitative estimate of drug-likeness (QED) is 0.528. The third-order valence-corrected chi connectivity index (χ3v) is 6.46. The number of para-hydroxylation sites is 1. The van der Waals surface area contributed by atoms with Gasteiger partial charge in [-0.25, -0.2) is 4.99 Å². The van der Waals surface area contributed by atoms with Crippen LogP contribution in [0.5, 0.6) is 11.5 Å². The molecule has 3 aromatic rings. The van der Waals surface area contributed by atoms with Gasteiger partial charge in [0.25, 0.3) is 0 Å². The fraction of sp³-hybridized carbons (Fsp3) is 0.192. The summed E-state index contributed by atoms with van der Waals surface area (Å²) in [5.74, 6) is 1.05. The molecule has 1 fully saturated rings. The summed E-state index contributed by atoms with van der Waals surface area (Å²) in [5, 5.41) is 2.79. The zero-order valence-corrected chi connectivity index (χ0v) is 19.7. The average molecular weight is 476 g/mol. The smallest absolute Gasteiger partial charge is 0.238 e. The molecular formula is C26H25N3O4S. The first-order valence-corrected chi connectivity index (χ1v) is 11.6. The molecule has 0 bridgehead atoms. The third-order valence-electron chi connectivity index (χ3n) is 5.27. The van der Waals surface area contributed by atoms with Crippen molar-refractivity contribution < 1.29 is 19.1 Å². The van der Waals surface area contributed by atoms with Crippen LogP contribution in [-0.4, -0.2) is 41.4 Å². The third kappa shape index (κ3) is 5.77. The summed E-state index contributed by atoms with van der Waals surface area (Å²) in [4.78, 5) is 32.5. The number of rotatable bonds is 7. The van der Waals surface area contributed by atoms with Crippen molar-refractivity contribution in [3.8, 4) is 11.5 Å². The fourth-order valence-corrected chi connectivity index (χ4v) is 4.52. The number of methoxy groups -OCH3 is 2. The van der Waals surface area contributed by atoms with Gasteiger partial charge >= 0.3 is 0 Å². The van der Waals surface area contributed by atoms with Crippen molar-refractivity contribution in [2.45, 2.75) is 18.2 Å². The van der Waals surface area contributed by atoms with E-state index < -0.39 is 5.25 Å². The van der Waals surface area contributed by atoms with E-state index >= 15 is 0 Å². The van der Waals surface area contributed by atoms with Gasteiger partial charge in [0.05, 0.1) is 26.5 Å². The molecule has 174 valence electrons. The van der Waals surface area contributed by atoms with Crippen molar-refractivity contribution in [3.05, 3.63) is 84.4 Å². The Morgan fingerprint density at radius 1 is 0.971 bits per heavy atom. The average Bonchev–Trinajstić information content (AvgIpc) is 2.87. The van der Waals surface area contributed by atoms with E-state index in [2.05, 4.69) is 5.32 Å². The molecule has 0 saturated carbocycles. The zero-order valence-electron chi connectivity index (χ0n) is 18.9. The summed E-state index contributed by atoms with van der Waals surface area (Å²) >= 11 is 1.29. The van der Waals surface area contributed by atoms with Gasteiger partial charge in [0.2, 0.25) is 11.8 Å². The first-order valence-electron chi connectivity index (χ1n) is 10.7. The van der Waals surface area contributed by atoms with Gasteiger partial charge in [-0.2, -0.15) is 0 Å². The molecule has 1 N–H and O–H groups in total. The van der Waals surface area contributed by atoms with Crippen LogP contribution in [0.3, 0.4) is 0 Å². The predicted molar refractivity (Wildman–Crippen MR) is 135 cm³/mol. The molecule has 0 radical (unpaired) electrons. The Hall–Kier alpha value is -3.78. The van der Waals surface area contributed by atoms with Crippen molar-refractivity contribution in [1.29, 1.82) is 0 Å². The van der Waals surface area contributed by atoms with E-state index in [1.54, 1.807) is 43.4 Å². The Bertz CT molecular complexity index is 1160. The number of nitrogens with zero attached hydrogens (tertiary/aromatic N) is 2. The Morgan fingerprint density at radius 2 is 1.59 bits per heavy atom. The maximum atomic E-state index is 13.2. The lowest BCUT2D eigenvalue weighted by molar-refractivity contribution is -0.129. The second kappa shape index (κ2) is 10.9. The van der Waals surface area contributed by atoms with E-state index in [4.69, 9.17) is 14.5 Å². The number of amidine groups is 1. The lowest BCUT2D eigenvalue weighted by Gasteiger charge is -2.32. The maximum absolute atomic E-state index is 13.2. The Kier molecular flexibility index (Phi) is 7.49. The largest absolute Gasteiger partial charge is 0.497 e. The lowest BCUT2D eigenvalue weighted by Crippen LogP contribution is -2.44. The number of nitrogens with one attached hydrogen (secondary N) is 1. The Balaban J connectivity index is 1.55. The lowest BCUT2D eigenvalue weighted by atomic mass is 10.2. The van der Waals surface area contributed by atoms with Crippen LogP contribution < -0.4 is 14.8 Å². The van der Waals surface area contributed by atoms with Gasteiger partial charge < -0.3 is 14.8 Å². The van der Waals surface area contributed by atoms with Crippen LogP contribution in [-0.2, 0) is 16.1 Å². The maximum Gasteiger partial charge on any atom is 0.238 e. The topological polar surface area (TPSA) is 80.2 Å². The SMILES string of the molecule is COc1ccc(CN2C(=O)C[C@H](C(=O)Nc3ccc(OC)cc3)SC2=Nc2ccccc2)cc1. The molecular weight excluding hydrogens is 450 g/mol. The minimum Gasteiger partial charge on any atom is -0.497 e. The number of aliphatic imine (C=N–C) groups is 1. The Labute approximate surface area is 202 Å². The van der Waals surface area contributed by atoms with Gasteiger partial charge in [-0.05, 0) is 54.1 Å². The summed E-state index contributed by atoms with van der Waals surface area (Å²) < 4.78 is 10.4. The van der Waals surface area contributed by atoms with Gasteiger partial charge in [0, 0.05) is 12.1 Å².